The first-order chi connectivity index (χ1) is 14.0. The molecule has 2 aromatic carbocycles. The highest BCUT2D eigenvalue weighted by Gasteiger charge is 2.30. The van der Waals surface area contributed by atoms with Gasteiger partial charge in [-0.15, -0.1) is 0 Å². The van der Waals surface area contributed by atoms with Gasteiger partial charge in [-0.1, -0.05) is 23.5 Å². The van der Waals surface area contributed by atoms with Crippen LogP contribution in [-0.2, 0) is 10.0 Å². The van der Waals surface area contributed by atoms with Gasteiger partial charge in [0, 0.05) is 13.1 Å². The lowest BCUT2D eigenvalue weighted by molar-refractivity contribution is 0.135. The van der Waals surface area contributed by atoms with E-state index in [1.807, 2.05) is 32.0 Å². The van der Waals surface area contributed by atoms with Crippen LogP contribution < -0.4 is 9.47 Å². The van der Waals surface area contributed by atoms with Crippen molar-refractivity contribution in [2.75, 3.05) is 19.7 Å². The summed E-state index contributed by atoms with van der Waals surface area (Å²) < 4.78 is 39.9. The second-order valence-corrected chi connectivity index (χ2v) is 9.96. The molecule has 4 rings (SSSR count). The maximum atomic E-state index is 12.9. The molecule has 8 heteroatoms. The third-order valence-corrected chi connectivity index (χ3v) is 7.87. The van der Waals surface area contributed by atoms with Crippen LogP contribution in [-0.4, -0.2) is 43.5 Å². The minimum Gasteiger partial charge on any atom is -0.494 e. The Labute approximate surface area is 175 Å². The average molecular weight is 433 g/mol. The summed E-state index contributed by atoms with van der Waals surface area (Å²) in [5.74, 6) is 0.671. The molecule has 3 aromatic rings. The summed E-state index contributed by atoms with van der Waals surface area (Å²) in [7, 11) is -3.51. The number of nitrogens with zero attached hydrogens (tertiary/aromatic N) is 2. The van der Waals surface area contributed by atoms with Gasteiger partial charge in [-0.25, -0.2) is 13.4 Å². The smallest absolute Gasteiger partial charge is 0.274 e. The fourth-order valence-electron chi connectivity index (χ4n) is 3.47. The van der Waals surface area contributed by atoms with Crippen LogP contribution in [0.3, 0.4) is 0 Å². The highest BCUT2D eigenvalue weighted by molar-refractivity contribution is 7.89. The molecule has 1 fully saturated rings. The highest BCUT2D eigenvalue weighted by atomic mass is 32.2. The molecule has 0 saturated carbocycles. The van der Waals surface area contributed by atoms with Gasteiger partial charge in [0.05, 0.1) is 21.7 Å². The van der Waals surface area contributed by atoms with Gasteiger partial charge < -0.3 is 9.47 Å². The van der Waals surface area contributed by atoms with E-state index in [4.69, 9.17) is 9.47 Å². The van der Waals surface area contributed by atoms with Crippen LogP contribution in [0.15, 0.2) is 47.4 Å². The molecule has 0 N–H and O–H groups in total. The van der Waals surface area contributed by atoms with Crippen LogP contribution in [0.25, 0.3) is 10.2 Å². The first-order valence-corrected chi connectivity index (χ1v) is 12.0. The molecule has 0 aliphatic carbocycles. The first kappa shape index (κ1) is 20.1. The van der Waals surface area contributed by atoms with Crippen LogP contribution in [0.2, 0.25) is 0 Å². The molecule has 0 bridgehead atoms. The van der Waals surface area contributed by atoms with Crippen molar-refractivity contribution in [1.82, 2.24) is 9.29 Å². The van der Waals surface area contributed by atoms with E-state index in [1.165, 1.54) is 15.6 Å². The molecule has 154 valence electrons. The third kappa shape index (κ3) is 4.24. The van der Waals surface area contributed by atoms with Crippen molar-refractivity contribution in [3.05, 3.63) is 48.0 Å². The maximum absolute atomic E-state index is 12.9. The number of aromatic nitrogens is 1. The highest BCUT2D eigenvalue weighted by Crippen LogP contribution is 2.32. The lowest BCUT2D eigenvalue weighted by atomic mass is 10.1. The standard InChI is InChI=1S/C21H24N2O4S2/c1-3-26-16-7-9-18(10-8-16)29(24,25)23-13-11-17(12-14-23)27-21-22-20-15(2)5-4-6-19(20)28-21/h4-10,17H,3,11-14H2,1-2H3. The number of hydrogen-bond acceptors (Lipinski definition) is 6. The number of thiazole rings is 1. The van der Waals surface area contributed by atoms with Gasteiger partial charge >= 0.3 is 0 Å². The Morgan fingerprint density at radius 2 is 1.86 bits per heavy atom. The Morgan fingerprint density at radius 1 is 1.14 bits per heavy atom. The van der Waals surface area contributed by atoms with E-state index in [0.717, 1.165) is 15.8 Å². The number of sulfonamides is 1. The maximum Gasteiger partial charge on any atom is 0.274 e. The SMILES string of the molecule is CCOc1ccc(S(=O)(=O)N2CCC(Oc3nc4c(C)cccc4s3)CC2)cc1. The summed E-state index contributed by atoms with van der Waals surface area (Å²) in [4.78, 5) is 4.89. The Morgan fingerprint density at radius 3 is 2.52 bits per heavy atom. The van der Waals surface area contributed by atoms with E-state index < -0.39 is 10.0 Å². The van der Waals surface area contributed by atoms with Crippen LogP contribution >= 0.6 is 11.3 Å². The van der Waals surface area contributed by atoms with Gasteiger partial charge in [-0.3, -0.25) is 0 Å². The number of hydrogen-bond donors (Lipinski definition) is 0. The molecule has 1 saturated heterocycles. The Balaban J connectivity index is 1.39. The van der Waals surface area contributed by atoms with Crippen LogP contribution in [0, 0.1) is 6.92 Å². The van der Waals surface area contributed by atoms with E-state index in [2.05, 4.69) is 4.98 Å². The van der Waals surface area contributed by atoms with Crippen LogP contribution in [0.4, 0.5) is 0 Å². The van der Waals surface area contributed by atoms with E-state index >= 15 is 0 Å². The van der Waals surface area contributed by atoms with Gasteiger partial charge in [0.2, 0.25) is 10.0 Å². The molecule has 1 aliphatic rings. The Bertz CT molecular complexity index is 1090. The van der Waals surface area contributed by atoms with E-state index in [-0.39, 0.29) is 6.10 Å². The molecular weight excluding hydrogens is 408 g/mol. The number of piperidine rings is 1. The number of ether oxygens (including phenoxy) is 2. The van der Waals surface area contributed by atoms with Crippen molar-refractivity contribution in [3.63, 3.8) is 0 Å². The summed E-state index contributed by atoms with van der Waals surface area (Å²) in [6.07, 6.45) is 1.26. The second-order valence-electron chi connectivity index (χ2n) is 7.03. The number of para-hydroxylation sites is 1. The molecule has 1 aliphatic heterocycles. The fourth-order valence-corrected chi connectivity index (χ4v) is 5.90. The summed E-state index contributed by atoms with van der Waals surface area (Å²) in [6, 6.07) is 12.7. The number of rotatable bonds is 6. The lowest BCUT2D eigenvalue weighted by Gasteiger charge is -2.30. The van der Waals surface area contributed by atoms with Gasteiger partial charge in [0.25, 0.3) is 5.19 Å². The van der Waals surface area contributed by atoms with Crippen molar-refractivity contribution in [2.45, 2.75) is 37.7 Å². The van der Waals surface area contributed by atoms with Gasteiger partial charge in [0.1, 0.15) is 11.9 Å². The minimum atomic E-state index is -3.51. The molecule has 0 unspecified atom stereocenters. The third-order valence-electron chi connectivity index (χ3n) is 5.04. The largest absolute Gasteiger partial charge is 0.494 e. The van der Waals surface area contributed by atoms with Crippen LogP contribution in [0.1, 0.15) is 25.3 Å². The normalized spacial score (nSPS) is 16.2. The molecule has 0 radical (unpaired) electrons. The number of benzene rings is 2. The summed E-state index contributed by atoms with van der Waals surface area (Å²) in [5, 5.41) is 0.655. The zero-order chi connectivity index (χ0) is 20.4. The molecule has 6 nitrogen and oxygen atoms in total. The van der Waals surface area contributed by atoms with E-state index in [9.17, 15) is 8.42 Å². The number of fused-ring (bicyclic) bond motifs is 1. The lowest BCUT2D eigenvalue weighted by Crippen LogP contribution is -2.41. The molecule has 2 heterocycles. The van der Waals surface area contributed by atoms with Crippen molar-refractivity contribution >= 4 is 31.6 Å². The topological polar surface area (TPSA) is 68.7 Å². The Kier molecular flexibility index (Phi) is 5.76. The van der Waals surface area contributed by atoms with E-state index in [0.29, 0.717) is 48.4 Å². The number of aryl methyl sites for hydroxylation is 1. The molecule has 0 atom stereocenters. The molecule has 0 amide bonds. The monoisotopic (exact) mass is 432 g/mol. The molecule has 29 heavy (non-hydrogen) atoms. The minimum absolute atomic E-state index is 0.0253. The van der Waals surface area contributed by atoms with Crippen LogP contribution in [0.5, 0.6) is 10.9 Å². The van der Waals surface area contributed by atoms with Gasteiger partial charge in [-0.2, -0.15) is 4.31 Å². The quantitative estimate of drug-likeness (QED) is 0.583. The zero-order valence-corrected chi connectivity index (χ0v) is 18.1. The van der Waals surface area contributed by atoms with E-state index in [1.54, 1.807) is 24.3 Å². The second kappa shape index (κ2) is 8.30. The molecular formula is C21H24N2O4S2. The summed E-state index contributed by atoms with van der Waals surface area (Å²) in [5.41, 5.74) is 2.10. The molecule has 1 aromatic heterocycles. The fraction of sp³-hybridized carbons (Fsp3) is 0.381. The average Bonchev–Trinajstić information content (AvgIpc) is 3.13. The molecule has 0 spiro atoms. The van der Waals surface area contributed by atoms with Crippen molar-refractivity contribution in [3.8, 4) is 10.9 Å². The predicted molar refractivity (Wildman–Crippen MR) is 114 cm³/mol. The summed E-state index contributed by atoms with van der Waals surface area (Å²) in [6.45, 7) is 5.35. The van der Waals surface area contributed by atoms with Crippen molar-refractivity contribution < 1.29 is 17.9 Å². The zero-order valence-electron chi connectivity index (χ0n) is 16.5. The van der Waals surface area contributed by atoms with Gasteiger partial charge in [0.15, 0.2) is 0 Å². The first-order valence-electron chi connectivity index (χ1n) is 9.73. The van der Waals surface area contributed by atoms with Gasteiger partial charge in [-0.05, 0) is 62.6 Å². The summed E-state index contributed by atoms with van der Waals surface area (Å²) >= 11 is 1.54. The van der Waals surface area contributed by atoms with Crippen molar-refractivity contribution in [2.24, 2.45) is 0 Å². The Hall–Kier alpha value is -2.16. The predicted octanol–water partition coefficient (Wildman–Crippen LogP) is 4.24. The van der Waals surface area contributed by atoms with Crippen molar-refractivity contribution in [1.29, 1.82) is 0 Å².